The zero-order chi connectivity index (χ0) is 17.4. The Balaban J connectivity index is 1.78. The van der Waals surface area contributed by atoms with Gasteiger partial charge in [-0.1, -0.05) is 35.5 Å². The van der Waals surface area contributed by atoms with Gasteiger partial charge in [-0.05, 0) is 24.6 Å². The maximum atomic E-state index is 13.9. The van der Waals surface area contributed by atoms with Crippen LogP contribution in [0.2, 0.25) is 0 Å². The maximum Gasteiger partial charge on any atom is 0.256 e. The molecular weight excluding hydrogens is 326 g/mol. The number of nitrogens with zero attached hydrogens (tertiary/aromatic N) is 4. The Morgan fingerprint density at radius 3 is 2.72 bits per heavy atom. The Morgan fingerprint density at radius 2 is 1.96 bits per heavy atom. The normalized spacial score (nSPS) is 14.1. The van der Waals surface area contributed by atoms with Gasteiger partial charge in [-0.15, -0.1) is 0 Å². The molecule has 1 aromatic carbocycles. The third-order valence-electron chi connectivity index (χ3n) is 4.35. The van der Waals surface area contributed by atoms with Gasteiger partial charge < -0.3 is 8.92 Å². The van der Waals surface area contributed by atoms with Crippen LogP contribution in [0.15, 0.2) is 65.7 Å². The van der Waals surface area contributed by atoms with E-state index >= 15 is 0 Å². The number of alkyl halides is 2. The minimum Gasteiger partial charge on any atom is -0.338 e. The van der Waals surface area contributed by atoms with Crippen LogP contribution in [-0.2, 0) is 5.41 Å². The van der Waals surface area contributed by atoms with E-state index in [1.54, 1.807) is 55.1 Å². The molecule has 3 aromatic heterocycles. The molecule has 0 aliphatic heterocycles. The van der Waals surface area contributed by atoms with Crippen LogP contribution in [0.4, 0.5) is 8.78 Å². The van der Waals surface area contributed by atoms with Crippen molar-refractivity contribution in [1.82, 2.24) is 19.5 Å². The first kappa shape index (κ1) is 15.4. The summed E-state index contributed by atoms with van der Waals surface area (Å²) in [6.07, 6.45) is 2.47. The largest absolute Gasteiger partial charge is 0.338 e. The van der Waals surface area contributed by atoms with E-state index in [0.717, 1.165) is 5.52 Å². The summed E-state index contributed by atoms with van der Waals surface area (Å²) >= 11 is 0. The van der Waals surface area contributed by atoms with Crippen molar-refractivity contribution in [3.8, 4) is 11.4 Å². The molecule has 0 fully saturated rings. The number of imidazole rings is 1. The van der Waals surface area contributed by atoms with Crippen LogP contribution in [0.5, 0.6) is 0 Å². The van der Waals surface area contributed by atoms with E-state index in [2.05, 4.69) is 15.1 Å². The summed E-state index contributed by atoms with van der Waals surface area (Å²) in [5.74, 6) is 0.151. The van der Waals surface area contributed by atoms with E-state index in [4.69, 9.17) is 4.52 Å². The predicted octanol–water partition coefficient (Wildman–Crippen LogP) is 3.96. The standard InChI is InChI=1S/C18H14F2N4O/c1-18(16(19)20,13-5-3-2-4-6-13)17-22-15(23-25-17)12-7-8-24-11-21-10-14(24)9-12/h2-11,16H,1H3. The molecule has 0 radical (unpaired) electrons. The van der Waals surface area contributed by atoms with Gasteiger partial charge in [-0.3, -0.25) is 0 Å². The molecule has 0 aliphatic carbocycles. The molecule has 4 aromatic rings. The van der Waals surface area contributed by atoms with Crippen molar-refractivity contribution >= 4 is 5.52 Å². The highest BCUT2D eigenvalue weighted by atomic mass is 19.3. The lowest BCUT2D eigenvalue weighted by atomic mass is 9.82. The SMILES string of the molecule is CC(c1ccccc1)(c1nc(-c2ccn3cncc3c2)no1)C(F)F. The molecule has 0 spiro atoms. The van der Waals surface area contributed by atoms with Gasteiger partial charge in [0.15, 0.2) is 0 Å². The Bertz CT molecular complexity index is 1010. The van der Waals surface area contributed by atoms with Crippen LogP contribution >= 0.6 is 0 Å². The first-order chi connectivity index (χ1) is 12.1. The second-order valence-corrected chi connectivity index (χ2v) is 5.93. The fourth-order valence-corrected chi connectivity index (χ4v) is 2.74. The molecule has 0 aliphatic rings. The summed E-state index contributed by atoms with van der Waals surface area (Å²) in [5.41, 5.74) is 0.274. The number of pyridine rings is 1. The third-order valence-corrected chi connectivity index (χ3v) is 4.35. The summed E-state index contributed by atoms with van der Waals surface area (Å²) < 4.78 is 34.8. The van der Waals surface area contributed by atoms with Gasteiger partial charge in [-0.25, -0.2) is 13.8 Å². The van der Waals surface area contributed by atoms with E-state index in [9.17, 15) is 8.78 Å². The number of rotatable bonds is 4. The Kier molecular flexibility index (Phi) is 3.56. The number of aromatic nitrogens is 4. The second-order valence-electron chi connectivity index (χ2n) is 5.93. The quantitative estimate of drug-likeness (QED) is 0.564. The van der Waals surface area contributed by atoms with Crippen molar-refractivity contribution < 1.29 is 13.3 Å². The molecule has 0 saturated carbocycles. The van der Waals surface area contributed by atoms with Gasteiger partial charge in [0.2, 0.25) is 11.7 Å². The second kappa shape index (κ2) is 5.77. The average Bonchev–Trinajstić information content (AvgIpc) is 3.30. The van der Waals surface area contributed by atoms with Crippen LogP contribution in [0.3, 0.4) is 0 Å². The summed E-state index contributed by atoms with van der Waals surface area (Å²) in [7, 11) is 0. The van der Waals surface area contributed by atoms with Crippen molar-refractivity contribution in [2.75, 3.05) is 0 Å². The summed E-state index contributed by atoms with van der Waals surface area (Å²) in [4.78, 5) is 8.30. The molecule has 25 heavy (non-hydrogen) atoms. The maximum absolute atomic E-state index is 13.9. The first-order valence-electron chi connectivity index (χ1n) is 7.69. The van der Waals surface area contributed by atoms with Crippen LogP contribution < -0.4 is 0 Å². The molecule has 3 heterocycles. The van der Waals surface area contributed by atoms with Gasteiger partial charge in [0.05, 0.1) is 18.0 Å². The summed E-state index contributed by atoms with van der Waals surface area (Å²) in [5, 5.41) is 3.90. The van der Waals surface area contributed by atoms with E-state index in [-0.39, 0.29) is 11.7 Å². The van der Waals surface area contributed by atoms with Crippen LogP contribution in [0.1, 0.15) is 18.4 Å². The van der Waals surface area contributed by atoms with Crippen LogP contribution in [0.25, 0.3) is 16.9 Å². The molecule has 126 valence electrons. The van der Waals surface area contributed by atoms with E-state index in [1.165, 1.54) is 6.92 Å². The molecule has 0 bridgehead atoms. The zero-order valence-corrected chi connectivity index (χ0v) is 13.3. The van der Waals surface area contributed by atoms with Gasteiger partial charge >= 0.3 is 0 Å². The lowest BCUT2D eigenvalue weighted by Crippen LogP contribution is -2.32. The molecule has 1 unspecified atom stereocenters. The van der Waals surface area contributed by atoms with Gasteiger partial charge in [0.1, 0.15) is 5.41 Å². The van der Waals surface area contributed by atoms with Crippen molar-refractivity contribution in [2.45, 2.75) is 18.8 Å². The van der Waals surface area contributed by atoms with Gasteiger partial charge in [0, 0.05) is 11.8 Å². The van der Waals surface area contributed by atoms with Crippen LogP contribution in [0, 0.1) is 0 Å². The molecule has 7 heteroatoms. The minimum absolute atomic E-state index is 0.114. The first-order valence-corrected chi connectivity index (χ1v) is 7.69. The summed E-state index contributed by atoms with van der Waals surface area (Å²) in [6.45, 7) is 1.41. The van der Waals surface area contributed by atoms with Gasteiger partial charge in [0.25, 0.3) is 6.43 Å². The predicted molar refractivity (Wildman–Crippen MR) is 87.4 cm³/mol. The fraction of sp³-hybridized carbons (Fsp3) is 0.167. The number of fused-ring (bicyclic) bond motifs is 1. The molecule has 0 saturated heterocycles. The number of hydrogen-bond donors (Lipinski definition) is 0. The molecular formula is C18H14F2N4O. The monoisotopic (exact) mass is 340 g/mol. The number of benzene rings is 1. The fourth-order valence-electron chi connectivity index (χ4n) is 2.74. The van der Waals surface area contributed by atoms with Crippen molar-refractivity contribution in [1.29, 1.82) is 0 Å². The Hall–Kier alpha value is -3.09. The van der Waals surface area contributed by atoms with E-state index in [0.29, 0.717) is 11.1 Å². The minimum atomic E-state index is -2.69. The Labute approximate surface area is 141 Å². The zero-order valence-electron chi connectivity index (χ0n) is 13.3. The highest BCUT2D eigenvalue weighted by Gasteiger charge is 2.44. The topological polar surface area (TPSA) is 56.2 Å². The van der Waals surface area contributed by atoms with E-state index in [1.807, 2.05) is 10.5 Å². The summed E-state index contributed by atoms with van der Waals surface area (Å²) in [6, 6.07) is 12.1. The van der Waals surface area contributed by atoms with Gasteiger partial charge in [-0.2, -0.15) is 4.98 Å². The molecule has 4 rings (SSSR count). The van der Waals surface area contributed by atoms with Crippen molar-refractivity contribution in [3.63, 3.8) is 0 Å². The average molecular weight is 340 g/mol. The smallest absolute Gasteiger partial charge is 0.256 e. The van der Waals surface area contributed by atoms with Crippen LogP contribution in [-0.4, -0.2) is 26.0 Å². The van der Waals surface area contributed by atoms with E-state index < -0.39 is 11.8 Å². The van der Waals surface area contributed by atoms with Crippen molar-refractivity contribution in [3.05, 3.63) is 72.6 Å². The number of halogens is 2. The molecule has 0 amide bonds. The lowest BCUT2D eigenvalue weighted by molar-refractivity contribution is 0.0625. The highest BCUT2D eigenvalue weighted by Crippen LogP contribution is 2.37. The lowest BCUT2D eigenvalue weighted by Gasteiger charge is -2.24. The molecule has 5 nitrogen and oxygen atoms in total. The molecule has 1 atom stereocenters. The van der Waals surface area contributed by atoms with Crippen molar-refractivity contribution in [2.24, 2.45) is 0 Å². The number of hydrogen-bond acceptors (Lipinski definition) is 4. The third kappa shape index (κ3) is 2.48. The molecule has 0 N–H and O–H groups in total. The highest BCUT2D eigenvalue weighted by molar-refractivity contribution is 5.62. The Morgan fingerprint density at radius 1 is 1.16 bits per heavy atom.